The summed E-state index contributed by atoms with van der Waals surface area (Å²) in [4.78, 5) is -0.0370. The molecule has 1 heterocycles. The highest BCUT2D eigenvalue weighted by molar-refractivity contribution is 7.90. The first-order valence-corrected chi connectivity index (χ1v) is 9.27. The quantitative estimate of drug-likeness (QED) is 0.744. The van der Waals surface area contributed by atoms with Gasteiger partial charge in [-0.1, -0.05) is 18.2 Å². The van der Waals surface area contributed by atoms with Crippen LogP contribution in [0.15, 0.2) is 58.6 Å². The highest BCUT2D eigenvalue weighted by atomic mass is 32.2. The lowest BCUT2D eigenvalue weighted by Gasteiger charge is -2.06. The summed E-state index contributed by atoms with van der Waals surface area (Å²) in [5.41, 5.74) is 0. The summed E-state index contributed by atoms with van der Waals surface area (Å²) in [5.74, 6) is 0. The molecule has 0 amide bonds. The van der Waals surface area contributed by atoms with Gasteiger partial charge in [0.15, 0.2) is 0 Å². The largest absolute Gasteiger partial charge is 0.383 e. The van der Waals surface area contributed by atoms with Crippen molar-refractivity contribution >= 4 is 20.0 Å². The van der Waals surface area contributed by atoms with Crippen molar-refractivity contribution in [2.45, 2.75) is 9.79 Å². The zero-order chi connectivity index (χ0) is 16.2. The maximum absolute atomic E-state index is 12.4. The molecule has 0 spiro atoms. The zero-order valence-corrected chi connectivity index (χ0v) is 13.5. The zero-order valence-electron chi connectivity index (χ0n) is 11.8. The third kappa shape index (κ3) is 3.55. The smallest absolute Gasteiger partial charge is 0.267 e. The average molecular weight is 344 g/mol. The monoisotopic (exact) mass is 344 g/mol. The van der Waals surface area contributed by atoms with Gasteiger partial charge in [-0.3, -0.25) is 0 Å². The number of methoxy groups -OCH3 is 1. The van der Waals surface area contributed by atoms with Crippen molar-refractivity contribution in [2.24, 2.45) is 0 Å². The van der Waals surface area contributed by atoms with E-state index in [4.69, 9.17) is 4.74 Å². The molecule has 2 rings (SSSR count). The van der Waals surface area contributed by atoms with Crippen LogP contribution in [0.3, 0.4) is 0 Å². The maximum atomic E-state index is 12.4. The molecule has 1 aromatic carbocycles. The lowest BCUT2D eigenvalue weighted by atomic mass is 10.4. The molecule has 7 nitrogen and oxygen atoms in total. The Balaban J connectivity index is 2.29. The second-order valence-corrected chi connectivity index (χ2v) is 8.00. The van der Waals surface area contributed by atoms with Crippen molar-refractivity contribution in [3.8, 4) is 0 Å². The minimum Gasteiger partial charge on any atom is -0.383 e. The molecule has 1 N–H and O–H groups in total. The fourth-order valence-corrected chi connectivity index (χ4v) is 4.04. The van der Waals surface area contributed by atoms with Crippen molar-refractivity contribution in [3.63, 3.8) is 0 Å². The van der Waals surface area contributed by atoms with Crippen LogP contribution < -0.4 is 4.72 Å². The molecule has 2 aromatic rings. The van der Waals surface area contributed by atoms with Crippen molar-refractivity contribution in [1.82, 2.24) is 8.69 Å². The van der Waals surface area contributed by atoms with E-state index < -0.39 is 20.0 Å². The van der Waals surface area contributed by atoms with Gasteiger partial charge in [0.1, 0.15) is 4.90 Å². The van der Waals surface area contributed by atoms with E-state index in [-0.39, 0.29) is 22.9 Å². The predicted molar refractivity (Wildman–Crippen MR) is 80.5 cm³/mol. The molecule has 9 heteroatoms. The van der Waals surface area contributed by atoms with Gasteiger partial charge in [-0.05, 0) is 18.2 Å². The summed E-state index contributed by atoms with van der Waals surface area (Å²) >= 11 is 0. The molecule has 0 radical (unpaired) electrons. The minimum atomic E-state index is -3.80. The van der Waals surface area contributed by atoms with E-state index in [0.29, 0.717) is 0 Å². The van der Waals surface area contributed by atoms with Gasteiger partial charge >= 0.3 is 0 Å². The number of hydrogen-bond acceptors (Lipinski definition) is 5. The number of benzene rings is 1. The fraction of sp³-hybridized carbons (Fsp3) is 0.231. The normalized spacial score (nSPS) is 12.4. The van der Waals surface area contributed by atoms with Gasteiger partial charge in [0.05, 0.1) is 11.5 Å². The Hall–Kier alpha value is -1.68. The summed E-state index contributed by atoms with van der Waals surface area (Å²) in [6.07, 6.45) is 2.27. The highest BCUT2D eigenvalue weighted by Crippen LogP contribution is 2.17. The standard InChI is InChI=1S/C13H16N2O5S2/c1-20-10-8-14-21(16,17)13-7-9-15(11-13)22(18,19)12-5-3-2-4-6-12/h2-7,9,11,14H,8,10H2,1H3. The van der Waals surface area contributed by atoms with Crippen LogP contribution in [-0.2, 0) is 24.8 Å². The van der Waals surface area contributed by atoms with Crippen molar-refractivity contribution in [2.75, 3.05) is 20.3 Å². The molecular formula is C13H16N2O5S2. The Morgan fingerprint density at radius 3 is 2.36 bits per heavy atom. The molecule has 0 aliphatic carbocycles. The number of sulfonamides is 1. The highest BCUT2D eigenvalue weighted by Gasteiger charge is 2.20. The van der Waals surface area contributed by atoms with Crippen molar-refractivity contribution in [3.05, 3.63) is 48.8 Å². The van der Waals surface area contributed by atoms with Crippen LogP contribution in [0.5, 0.6) is 0 Å². The Kier molecular flexibility index (Phi) is 5.01. The summed E-state index contributed by atoms with van der Waals surface area (Å²) in [6.45, 7) is 0.331. The van der Waals surface area contributed by atoms with Gasteiger partial charge in [-0.25, -0.2) is 25.5 Å². The topological polar surface area (TPSA) is 94.5 Å². The average Bonchev–Trinajstić information content (AvgIpc) is 3.00. The van der Waals surface area contributed by atoms with Gasteiger partial charge in [0.25, 0.3) is 10.0 Å². The molecule has 22 heavy (non-hydrogen) atoms. The SMILES string of the molecule is COCCNS(=O)(=O)c1ccn(S(=O)(=O)c2ccccc2)c1. The van der Waals surface area contributed by atoms with E-state index in [1.54, 1.807) is 18.2 Å². The van der Waals surface area contributed by atoms with Gasteiger partial charge in [0.2, 0.25) is 10.0 Å². The number of aromatic nitrogens is 1. The first-order valence-electron chi connectivity index (χ1n) is 6.35. The second-order valence-electron chi connectivity index (χ2n) is 4.39. The maximum Gasteiger partial charge on any atom is 0.267 e. The summed E-state index contributed by atoms with van der Waals surface area (Å²) < 4.78 is 56.7. The first-order chi connectivity index (χ1) is 10.4. The van der Waals surface area contributed by atoms with E-state index >= 15 is 0 Å². The molecule has 0 unspecified atom stereocenters. The van der Waals surface area contributed by atoms with Gasteiger partial charge < -0.3 is 4.74 Å². The van der Waals surface area contributed by atoms with Crippen LogP contribution in [0.1, 0.15) is 0 Å². The number of rotatable bonds is 7. The predicted octanol–water partition coefficient (Wildman–Crippen LogP) is 0.650. The van der Waals surface area contributed by atoms with Gasteiger partial charge in [-0.2, -0.15) is 0 Å². The van der Waals surface area contributed by atoms with E-state index in [9.17, 15) is 16.8 Å². The Morgan fingerprint density at radius 2 is 1.73 bits per heavy atom. The summed E-state index contributed by atoms with van der Waals surface area (Å²) in [7, 11) is -6.12. The molecule has 120 valence electrons. The fourth-order valence-electron chi connectivity index (χ4n) is 1.74. The third-order valence-corrected chi connectivity index (χ3v) is 5.96. The van der Waals surface area contributed by atoms with E-state index in [0.717, 1.165) is 10.2 Å². The number of ether oxygens (including phenoxy) is 1. The Morgan fingerprint density at radius 1 is 1.05 bits per heavy atom. The molecular weight excluding hydrogens is 328 g/mol. The number of nitrogens with zero attached hydrogens (tertiary/aromatic N) is 1. The van der Waals surface area contributed by atoms with Crippen molar-refractivity contribution in [1.29, 1.82) is 0 Å². The second kappa shape index (κ2) is 6.61. The van der Waals surface area contributed by atoms with E-state index in [2.05, 4.69) is 4.72 Å². The van der Waals surface area contributed by atoms with E-state index in [1.807, 2.05) is 0 Å². The molecule has 0 bridgehead atoms. The summed E-state index contributed by atoms with van der Waals surface area (Å²) in [6, 6.07) is 9.02. The molecule has 1 aromatic heterocycles. The molecule has 0 aliphatic heterocycles. The molecule has 0 saturated carbocycles. The van der Waals surface area contributed by atoms with E-state index in [1.165, 1.54) is 31.5 Å². The van der Waals surface area contributed by atoms with Crippen LogP contribution in [0.4, 0.5) is 0 Å². The lowest BCUT2D eigenvalue weighted by Crippen LogP contribution is -2.27. The number of hydrogen-bond donors (Lipinski definition) is 1. The molecule has 0 atom stereocenters. The van der Waals surface area contributed by atoms with Gasteiger partial charge in [0, 0.05) is 26.0 Å². The number of nitrogens with one attached hydrogen (secondary N) is 1. The first kappa shape index (κ1) is 16.7. The van der Waals surface area contributed by atoms with Crippen LogP contribution in [0.2, 0.25) is 0 Å². The van der Waals surface area contributed by atoms with Gasteiger partial charge in [-0.15, -0.1) is 0 Å². The summed E-state index contributed by atoms with van der Waals surface area (Å²) in [5, 5.41) is 0. The molecule has 0 aliphatic rings. The minimum absolute atomic E-state index is 0.0851. The lowest BCUT2D eigenvalue weighted by molar-refractivity contribution is 0.204. The van der Waals surface area contributed by atoms with Crippen LogP contribution in [0, 0.1) is 0 Å². The van der Waals surface area contributed by atoms with Crippen LogP contribution in [0.25, 0.3) is 0 Å². The van der Waals surface area contributed by atoms with Crippen LogP contribution >= 0.6 is 0 Å². The Bertz CT molecular complexity index is 826. The van der Waals surface area contributed by atoms with Crippen LogP contribution in [-0.4, -0.2) is 41.1 Å². The van der Waals surface area contributed by atoms with Crippen molar-refractivity contribution < 1.29 is 21.6 Å². The third-order valence-electron chi connectivity index (χ3n) is 2.87. The molecule has 0 saturated heterocycles. The Labute approximate surface area is 129 Å². The molecule has 0 fully saturated rings.